The Morgan fingerprint density at radius 3 is 2.88 bits per heavy atom. The largest absolute Gasteiger partial charge is 0.379 e. The number of para-hydroxylation sites is 1. The van der Waals surface area contributed by atoms with Gasteiger partial charge in [0, 0.05) is 32.2 Å². The van der Waals surface area contributed by atoms with Gasteiger partial charge in [-0.05, 0) is 12.1 Å². The van der Waals surface area contributed by atoms with E-state index in [-0.39, 0.29) is 11.6 Å². The first-order valence-corrected chi connectivity index (χ1v) is 8.43. The van der Waals surface area contributed by atoms with E-state index in [2.05, 4.69) is 31.6 Å². The van der Waals surface area contributed by atoms with Crippen molar-refractivity contribution in [2.24, 2.45) is 0 Å². The highest BCUT2D eigenvalue weighted by atomic mass is 16.5. The Morgan fingerprint density at radius 2 is 2.08 bits per heavy atom. The Labute approximate surface area is 151 Å². The van der Waals surface area contributed by atoms with E-state index in [4.69, 9.17) is 10.00 Å². The highest BCUT2D eigenvalue weighted by molar-refractivity contribution is 5.93. The van der Waals surface area contributed by atoms with Crippen LogP contribution in [0.5, 0.6) is 0 Å². The summed E-state index contributed by atoms with van der Waals surface area (Å²) < 4.78 is 5.30. The van der Waals surface area contributed by atoms with E-state index in [0.29, 0.717) is 23.6 Å². The number of carbonyl (C=O) groups excluding carboxylic acids is 1. The van der Waals surface area contributed by atoms with E-state index in [0.717, 1.165) is 32.8 Å². The lowest BCUT2D eigenvalue weighted by Crippen LogP contribution is -2.41. The van der Waals surface area contributed by atoms with Crippen LogP contribution in [0.3, 0.4) is 0 Å². The van der Waals surface area contributed by atoms with Gasteiger partial charge in [-0.2, -0.15) is 5.26 Å². The molecule has 2 aromatic rings. The first-order chi connectivity index (χ1) is 12.8. The molecule has 1 aromatic heterocycles. The van der Waals surface area contributed by atoms with E-state index in [1.807, 2.05) is 6.07 Å². The minimum atomic E-state index is -0.253. The summed E-state index contributed by atoms with van der Waals surface area (Å²) in [4.78, 5) is 22.7. The minimum absolute atomic E-state index is 0.253. The minimum Gasteiger partial charge on any atom is -0.379 e. The predicted molar refractivity (Wildman–Crippen MR) is 96.1 cm³/mol. The fraction of sp³-hybridized carbons (Fsp3) is 0.333. The zero-order chi connectivity index (χ0) is 18.2. The number of amides is 1. The molecule has 134 valence electrons. The second kappa shape index (κ2) is 8.89. The predicted octanol–water partition coefficient (Wildman–Crippen LogP) is 1.15. The van der Waals surface area contributed by atoms with Crippen LogP contribution in [0.2, 0.25) is 0 Å². The maximum Gasteiger partial charge on any atom is 0.270 e. The van der Waals surface area contributed by atoms with Crippen molar-refractivity contribution in [2.45, 2.75) is 0 Å². The molecule has 0 aliphatic carbocycles. The van der Waals surface area contributed by atoms with Crippen LogP contribution in [0, 0.1) is 11.3 Å². The molecular weight excluding hydrogens is 332 g/mol. The topological polar surface area (TPSA) is 103 Å². The van der Waals surface area contributed by atoms with Crippen molar-refractivity contribution in [3.8, 4) is 6.07 Å². The van der Waals surface area contributed by atoms with Crippen LogP contribution in [-0.2, 0) is 4.74 Å². The van der Waals surface area contributed by atoms with Crippen molar-refractivity contribution < 1.29 is 9.53 Å². The number of rotatable bonds is 6. The van der Waals surface area contributed by atoms with Gasteiger partial charge in [0.25, 0.3) is 5.91 Å². The van der Waals surface area contributed by atoms with Gasteiger partial charge in [-0.25, -0.2) is 9.97 Å². The molecule has 1 saturated heterocycles. The molecule has 0 saturated carbocycles. The van der Waals surface area contributed by atoms with Crippen molar-refractivity contribution >= 4 is 17.4 Å². The second-order valence-electron chi connectivity index (χ2n) is 5.78. The number of nitrogens with one attached hydrogen (secondary N) is 2. The molecule has 0 spiro atoms. The lowest BCUT2D eigenvalue weighted by molar-refractivity contribution is 0.0383. The molecule has 0 atom stereocenters. The maximum absolute atomic E-state index is 12.3. The number of nitriles is 1. The van der Waals surface area contributed by atoms with Gasteiger partial charge in [-0.1, -0.05) is 12.1 Å². The van der Waals surface area contributed by atoms with Crippen LogP contribution in [-0.4, -0.2) is 60.2 Å². The highest BCUT2D eigenvalue weighted by Gasteiger charge is 2.12. The molecule has 8 nitrogen and oxygen atoms in total. The van der Waals surface area contributed by atoms with Gasteiger partial charge in [-0.15, -0.1) is 0 Å². The molecule has 1 aliphatic rings. The van der Waals surface area contributed by atoms with Crippen molar-refractivity contribution in [3.63, 3.8) is 0 Å². The number of anilines is 2. The van der Waals surface area contributed by atoms with Gasteiger partial charge in [0.1, 0.15) is 23.9 Å². The highest BCUT2D eigenvalue weighted by Crippen LogP contribution is 2.18. The summed E-state index contributed by atoms with van der Waals surface area (Å²) in [7, 11) is 0. The van der Waals surface area contributed by atoms with Crippen molar-refractivity contribution in [2.75, 3.05) is 44.7 Å². The fourth-order valence-electron chi connectivity index (χ4n) is 2.62. The van der Waals surface area contributed by atoms with E-state index in [9.17, 15) is 4.79 Å². The van der Waals surface area contributed by atoms with Crippen LogP contribution in [0.25, 0.3) is 0 Å². The van der Waals surface area contributed by atoms with Gasteiger partial charge >= 0.3 is 0 Å². The average molecular weight is 352 g/mol. The van der Waals surface area contributed by atoms with Gasteiger partial charge in [0.05, 0.1) is 24.5 Å². The zero-order valence-electron chi connectivity index (χ0n) is 14.3. The monoisotopic (exact) mass is 352 g/mol. The Balaban J connectivity index is 1.57. The Kier molecular flexibility index (Phi) is 6.09. The Bertz CT molecular complexity index is 798. The second-order valence-corrected chi connectivity index (χ2v) is 5.78. The summed E-state index contributed by atoms with van der Waals surface area (Å²) in [5.41, 5.74) is 1.41. The lowest BCUT2D eigenvalue weighted by atomic mass is 10.2. The van der Waals surface area contributed by atoms with Crippen LogP contribution in [0.1, 0.15) is 16.1 Å². The number of nitrogens with zero attached hydrogens (tertiary/aromatic N) is 4. The number of hydrogen-bond donors (Lipinski definition) is 2. The summed E-state index contributed by atoms with van der Waals surface area (Å²) in [6.45, 7) is 4.56. The molecule has 3 rings (SSSR count). The molecule has 0 radical (unpaired) electrons. The van der Waals surface area contributed by atoms with Crippen molar-refractivity contribution in [3.05, 3.63) is 47.9 Å². The molecule has 2 N–H and O–H groups in total. The van der Waals surface area contributed by atoms with E-state index >= 15 is 0 Å². The van der Waals surface area contributed by atoms with Gasteiger partial charge < -0.3 is 15.4 Å². The number of carbonyl (C=O) groups is 1. The first-order valence-electron chi connectivity index (χ1n) is 8.43. The SMILES string of the molecule is N#Cc1ccccc1Nc1cc(C(=O)NCCN2CCOCC2)ncn1. The summed E-state index contributed by atoms with van der Waals surface area (Å²) in [6.07, 6.45) is 1.33. The molecular formula is C18H20N6O2. The first kappa shape index (κ1) is 17.8. The third kappa shape index (κ3) is 4.75. The van der Waals surface area contributed by atoms with Gasteiger partial charge in [0.2, 0.25) is 0 Å². The van der Waals surface area contributed by atoms with Crippen LogP contribution in [0.4, 0.5) is 11.5 Å². The third-order valence-corrected chi connectivity index (χ3v) is 4.03. The van der Waals surface area contributed by atoms with Crippen LogP contribution < -0.4 is 10.6 Å². The van der Waals surface area contributed by atoms with E-state index in [1.54, 1.807) is 24.3 Å². The number of morpholine rings is 1. The van der Waals surface area contributed by atoms with E-state index < -0.39 is 0 Å². The summed E-state index contributed by atoms with van der Waals surface area (Å²) in [5.74, 6) is 0.207. The molecule has 1 amide bonds. The van der Waals surface area contributed by atoms with Crippen LogP contribution in [0.15, 0.2) is 36.7 Å². The summed E-state index contributed by atoms with van der Waals surface area (Å²) in [6, 6.07) is 10.8. The average Bonchev–Trinajstić information content (AvgIpc) is 2.69. The Hall–Kier alpha value is -3.02. The number of benzene rings is 1. The number of hydrogen-bond acceptors (Lipinski definition) is 7. The molecule has 2 heterocycles. The van der Waals surface area contributed by atoms with Crippen molar-refractivity contribution in [1.29, 1.82) is 5.26 Å². The summed E-state index contributed by atoms with van der Waals surface area (Å²) in [5, 5.41) is 15.1. The fourth-order valence-corrected chi connectivity index (χ4v) is 2.62. The maximum atomic E-state index is 12.3. The molecule has 1 aromatic carbocycles. The van der Waals surface area contributed by atoms with Crippen molar-refractivity contribution in [1.82, 2.24) is 20.2 Å². The standard InChI is InChI=1S/C18H20N6O2/c19-12-14-3-1-2-4-15(14)23-17-11-16(21-13-22-17)18(25)20-5-6-24-7-9-26-10-8-24/h1-4,11,13H,5-10H2,(H,20,25)(H,21,22,23). The number of aromatic nitrogens is 2. The van der Waals surface area contributed by atoms with E-state index in [1.165, 1.54) is 6.33 Å². The van der Waals surface area contributed by atoms with Crippen LogP contribution >= 0.6 is 0 Å². The number of ether oxygens (including phenoxy) is 1. The third-order valence-electron chi connectivity index (χ3n) is 4.03. The molecule has 1 aliphatic heterocycles. The molecule has 1 fully saturated rings. The smallest absolute Gasteiger partial charge is 0.270 e. The molecule has 0 bridgehead atoms. The summed E-state index contributed by atoms with van der Waals surface area (Å²) >= 11 is 0. The normalized spacial score (nSPS) is 14.4. The van der Waals surface area contributed by atoms with Gasteiger partial charge in [-0.3, -0.25) is 9.69 Å². The molecule has 8 heteroatoms. The van der Waals surface area contributed by atoms with Gasteiger partial charge in [0.15, 0.2) is 0 Å². The molecule has 0 unspecified atom stereocenters. The Morgan fingerprint density at radius 1 is 1.27 bits per heavy atom. The zero-order valence-corrected chi connectivity index (χ0v) is 14.3. The lowest BCUT2D eigenvalue weighted by Gasteiger charge is -2.26. The molecule has 26 heavy (non-hydrogen) atoms. The quantitative estimate of drug-likeness (QED) is 0.804.